The van der Waals surface area contributed by atoms with E-state index < -0.39 is 214 Å². The average molecular weight is 1340 g/mol. The summed E-state index contributed by atoms with van der Waals surface area (Å²) in [7, 11) is -32.7. The number of carbonyl (C=O) groups excluding carboxylic acids is 1. The number of carboxylic acids is 1. The smallest absolute Gasteiger partial charge is 0.338 e. The second-order valence-electron chi connectivity index (χ2n) is 17.0. The number of anilines is 1. The van der Waals surface area contributed by atoms with Crippen LogP contribution in [0, 0.1) is 10.1 Å². The number of benzene rings is 7. The Morgan fingerprint density at radius 2 is 1.10 bits per heavy atom. The molecule has 0 amide bonds. The minimum Gasteiger partial charge on any atom is -0.505 e. The van der Waals surface area contributed by atoms with Crippen molar-refractivity contribution in [3.63, 3.8) is 0 Å². The average Bonchev–Trinajstić information content (AvgIpc) is 1.86. The Balaban J connectivity index is 1.20. The molecular weight excluding hydrogens is 1310 g/mol. The van der Waals surface area contributed by atoms with Gasteiger partial charge in [-0.2, -0.15) is 60.3 Å². The van der Waals surface area contributed by atoms with Gasteiger partial charge >= 0.3 is 5.97 Å². The maximum Gasteiger partial charge on any atom is 0.338 e. The number of phenolic OH excluding ortho intramolecular Hbond substituents is 2. The molecule has 0 fully saturated rings. The Bertz CT molecular complexity index is 5270. The van der Waals surface area contributed by atoms with Crippen LogP contribution in [-0.4, -0.2) is 125 Å². The highest BCUT2D eigenvalue weighted by molar-refractivity contribution is 7.87. The van der Waals surface area contributed by atoms with Gasteiger partial charge in [-0.3, -0.25) is 42.2 Å². The summed E-state index contributed by atoms with van der Waals surface area (Å²) in [6, 6.07) is 9.91. The molecule has 0 aliphatic carbocycles. The first-order valence-electron chi connectivity index (χ1n) is 22.4. The number of nitrogen functional groups attached to an aromatic ring is 1. The molecule has 458 valence electrons. The molecule has 8 rings (SSSR count). The Morgan fingerprint density at radius 1 is 0.545 bits per heavy atom. The van der Waals surface area contributed by atoms with Crippen LogP contribution in [0.3, 0.4) is 0 Å². The van der Waals surface area contributed by atoms with Crippen LogP contribution in [0.4, 0.5) is 56.9 Å². The van der Waals surface area contributed by atoms with Gasteiger partial charge in [0.05, 0.1) is 37.8 Å². The number of nitro benzene ring substituents is 1. The fourth-order valence-corrected chi connectivity index (χ4v) is 11.8. The van der Waals surface area contributed by atoms with Gasteiger partial charge in [-0.05, 0) is 72.8 Å². The topological polar surface area (TPSA) is 636 Å². The number of carbonyl (C=O) groups is 2. The van der Waals surface area contributed by atoms with Gasteiger partial charge < -0.3 is 30.9 Å². The maximum atomic E-state index is 13.1. The zero-order valence-corrected chi connectivity index (χ0v) is 47.0. The van der Waals surface area contributed by atoms with Gasteiger partial charge in [0, 0.05) is 28.3 Å². The molecule has 0 saturated heterocycles. The summed E-state index contributed by atoms with van der Waals surface area (Å²) in [5.41, 5.74) is -3.57. The second kappa shape index (κ2) is 22.8. The first-order valence-corrected chi connectivity index (χ1v) is 31.0. The normalized spacial score (nSPS) is 13.0. The highest BCUT2D eigenvalue weighted by Crippen LogP contribution is 2.49. The number of rotatable bonds is 19. The van der Waals surface area contributed by atoms with Crippen molar-refractivity contribution in [1.29, 1.82) is 0 Å². The quantitative estimate of drug-likeness (QED) is 0.00954. The Labute approximate surface area is 488 Å². The molecule has 0 aliphatic rings. The Morgan fingerprint density at radius 3 is 1.69 bits per heavy atom. The second-order valence-corrected chi connectivity index (χ2v) is 25.4. The highest BCUT2D eigenvalue weighted by Gasteiger charge is 2.31. The van der Waals surface area contributed by atoms with E-state index >= 15 is 0 Å². The number of phenols is 2. The first kappa shape index (κ1) is 63.7. The molecule has 8 aromatic rings. The number of non-ortho nitro benzene ring substituents is 1. The van der Waals surface area contributed by atoms with Gasteiger partial charge in [0.25, 0.3) is 78.7 Å². The lowest BCUT2D eigenvalue weighted by atomic mass is 10.1. The van der Waals surface area contributed by atoms with Crippen LogP contribution < -0.4 is 10.5 Å². The number of carboxylic acid groups (broad SMARTS) is 1. The van der Waals surface area contributed by atoms with E-state index in [0.717, 1.165) is 36.4 Å². The molecule has 0 atom stereocenters. The van der Waals surface area contributed by atoms with Crippen molar-refractivity contribution in [3.8, 4) is 28.9 Å². The fraction of sp³-hybridized carbons (Fsp3) is 0. The van der Waals surface area contributed by atoms with Gasteiger partial charge in [-0.25, -0.2) is 4.79 Å². The molecule has 1 heterocycles. The van der Waals surface area contributed by atoms with Crippen molar-refractivity contribution in [2.45, 2.75) is 29.4 Å². The molecule has 0 radical (unpaired) electrons. The molecule has 0 spiro atoms. The third-order valence-corrected chi connectivity index (χ3v) is 16.9. The van der Waals surface area contributed by atoms with Crippen molar-refractivity contribution in [3.05, 3.63) is 107 Å². The molecule has 45 heteroatoms. The number of hydrogen-bond acceptors (Lipinski definition) is 30. The zero-order valence-electron chi connectivity index (χ0n) is 42.1. The van der Waals surface area contributed by atoms with Crippen LogP contribution in [0.25, 0.3) is 27.2 Å². The van der Waals surface area contributed by atoms with E-state index in [0.29, 0.717) is 54.6 Å². The van der Waals surface area contributed by atoms with Crippen molar-refractivity contribution in [2.75, 3.05) is 5.73 Å². The summed E-state index contributed by atoms with van der Waals surface area (Å²) < 4.78 is 216. The maximum absolute atomic E-state index is 13.1. The predicted molar refractivity (Wildman–Crippen MR) is 290 cm³/mol. The summed E-state index contributed by atoms with van der Waals surface area (Å²) in [6.45, 7) is -0.327. The predicted octanol–water partition coefficient (Wildman–Crippen LogP) is 7.16. The van der Waals surface area contributed by atoms with Gasteiger partial charge in [0.1, 0.15) is 58.6 Å². The number of aromatic hydroxyl groups is 3. The minimum absolute atomic E-state index is 0.117. The molecule has 0 unspecified atom stereocenters. The Hall–Kier alpha value is -10.3. The number of nitro groups is 1. The molecule has 7 aromatic carbocycles. The molecule has 0 aliphatic heterocycles. The third kappa shape index (κ3) is 12.8. The van der Waals surface area contributed by atoms with Crippen LogP contribution in [-0.2, 0) is 65.5 Å². The lowest BCUT2D eigenvalue weighted by Gasteiger charge is -2.13. The van der Waals surface area contributed by atoms with Gasteiger partial charge in [0.2, 0.25) is 11.6 Å². The van der Waals surface area contributed by atoms with Crippen LogP contribution >= 0.6 is 0 Å². The summed E-state index contributed by atoms with van der Waals surface area (Å²) in [6.07, 6.45) is 0. The van der Waals surface area contributed by atoms with Crippen molar-refractivity contribution in [1.82, 2.24) is 9.78 Å². The first-order chi connectivity index (χ1) is 40.7. The highest BCUT2D eigenvalue weighted by atomic mass is 32.2. The fourth-order valence-electron chi connectivity index (χ4n) is 7.85. The SMILES string of the molecule is Nc1c(N=Nc2ccc3c(O)c(N=Nc4ccc(N=Nc5c(OC=O)nn(-c6cc(S(=O)(=O)O)ccc6S(=O)(=O)O)c5O)c(S(=O)(=O)O)c4)c(S(=O)(=O)O)cc3c2S(=O)(=O)O)cc(S(=O)(=O)O)c2ccc(N=Nc3ccc([N+](=O)[O-])cc3C(=O)O)c(O)c12. The Kier molecular flexibility index (Phi) is 16.5. The van der Waals surface area contributed by atoms with Crippen LogP contribution in [0.2, 0.25) is 0 Å². The van der Waals surface area contributed by atoms with Gasteiger partial charge in [-0.1, -0.05) is 6.07 Å². The lowest BCUT2D eigenvalue weighted by molar-refractivity contribution is -0.384. The van der Waals surface area contributed by atoms with E-state index in [1.165, 1.54) is 0 Å². The molecule has 39 nitrogen and oxygen atoms in total. The number of ether oxygens (including phenoxy) is 1. The zero-order chi connectivity index (χ0) is 65.1. The standard InChI is InChI=1S/C43H28N12O27S6/c44-35-28(15-31(85(70,71)72)21-5-8-26(39(58)34(21)35)48-46-24-7-2-18(55(62)63)12-23(24)43(60)61)50-49-27-9-4-20-22(40(27)88(79,80)81)14-33(87(76,77)78)36(38(20)57)51-45-17-1-6-25(32(11-17)86(73,74)75)47-52-37-41(82-16-56)53-54(42(37)59)29-13-19(83(64,65)66)3-10-30(29)84(67,68)69/h1-16,57-59H,44H2,(H,60,61)(H,64,65,66)(H,67,68,69)(H,70,71,72)(H,73,74,75)(H,76,77,78)(H,79,80,81). The number of aromatic carboxylic acids is 1. The van der Waals surface area contributed by atoms with E-state index in [1.54, 1.807) is 0 Å². The van der Waals surface area contributed by atoms with Crippen molar-refractivity contribution in [2.24, 2.45) is 40.9 Å². The lowest BCUT2D eigenvalue weighted by Crippen LogP contribution is -2.09. The van der Waals surface area contributed by atoms with Crippen molar-refractivity contribution >= 4 is 152 Å². The molecule has 1 aromatic heterocycles. The van der Waals surface area contributed by atoms with Crippen molar-refractivity contribution < 1.29 is 117 Å². The third-order valence-electron chi connectivity index (χ3n) is 11.6. The summed E-state index contributed by atoms with van der Waals surface area (Å²) in [4.78, 5) is 26.1. The molecule has 0 saturated carbocycles. The number of fused-ring (bicyclic) bond motifs is 2. The molecular formula is C43H28N12O27S6. The van der Waals surface area contributed by atoms with Crippen LogP contribution in [0.1, 0.15) is 10.4 Å². The number of hydrogen-bond donors (Lipinski definition) is 11. The number of azo groups is 4. The number of nitrogens with zero attached hydrogens (tertiary/aromatic N) is 11. The van der Waals surface area contributed by atoms with Gasteiger partial charge in [-0.15, -0.1) is 40.9 Å². The van der Waals surface area contributed by atoms with E-state index in [2.05, 4.69) is 50.7 Å². The molecule has 12 N–H and O–H groups in total. The van der Waals surface area contributed by atoms with E-state index in [9.17, 15) is 118 Å². The van der Waals surface area contributed by atoms with E-state index in [4.69, 9.17) is 5.73 Å². The monoisotopic (exact) mass is 1340 g/mol. The van der Waals surface area contributed by atoms with Crippen LogP contribution in [0.15, 0.2) is 161 Å². The molecule has 88 heavy (non-hydrogen) atoms. The van der Waals surface area contributed by atoms with Crippen LogP contribution in [0.5, 0.6) is 23.3 Å². The summed E-state index contributed by atoms with van der Waals surface area (Å²) in [5.74, 6) is -6.51. The van der Waals surface area contributed by atoms with E-state index in [1.807, 2.05) is 0 Å². The summed E-state index contributed by atoms with van der Waals surface area (Å²) >= 11 is 0. The number of aromatic nitrogens is 2. The minimum atomic E-state index is -5.72. The summed E-state index contributed by atoms with van der Waals surface area (Å²) in [5, 5.41) is 84.3. The number of nitrogens with two attached hydrogens (primary N) is 1. The largest absolute Gasteiger partial charge is 0.505 e. The molecule has 0 bridgehead atoms. The van der Waals surface area contributed by atoms with E-state index in [-0.39, 0.29) is 11.2 Å². The van der Waals surface area contributed by atoms with Gasteiger partial charge in [0.15, 0.2) is 11.5 Å².